The van der Waals surface area contributed by atoms with Gasteiger partial charge < -0.3 is 10.2 Å². The Kier molecular flexibility index (Phi) is 3.29. The van der Waals surface area contributed by atoms with E-state index in [0.29, 0.717) is 6.04 Å². The zero-order chi connectivity index (χ0) is 8.97. The number of likely N-dealkylation sites (N-methyl/N-ethyl adjacent to an activating group) is 1. The lowest BCUT2D eigenvalue weighted by Gasteiger charge is -2.18. The Bertz CT molecular complexity index is 179. The van der Waals surface area contributed by atoms with Gasteiger partial charge in [-0.2, -0.15) is 0 Å². The molecule has 3 nitrogen and oxygen atoms in total. The molecule has 1 heterocycles. The van der Waals surface area contributed by atoms with Gasteiger partial charge in [0.15, 0.2) is 0 Å². The van der Waals surface area contributed by atoms with Crippen molar-refractivity contribution < 1.29 is 4.79 Å². The van der Waals surface area contributed by atoms with Crippen LogP contribution in [0.2, 0.25) is 0 Å². The first-order chi connectivity index (χ1) is 5.74. The van der Waals surface area contributed by atoms with Gasteiger partial charge in [0.1, 0.15) is 0 Å². The third-order valence-corrected chi connectivity index (χ3v) is 2.37. The number of carbonyl (C=O) groups is 1. The van der Waals surface area contributed by atoms with Gasteiger partial charge >= 0.3 is 0 Å². The zero-order valence-corrected chi connectivity index (χ0v) is 7.55. The van der Waals surface area contributed by atoms with E-state index in [4.69, 9.17) is 0 Å². The van der Waals surface area contributed by atoms with Crippen LogP contribution in [0.5, 0.6) is 0 Å². The molecule has 0 bridgehead atoms. The van der Waals surface area contributed by atoms with Gasteiger partial charge in [-0.1, -0.05) is 6.58 Å². The van der Waals surface area contributed by atoms with E-state index in [0.717, 1.165) is 13.1 Å². The van der Waals surface area contributed by atoms with Crippen LogP contribution in [0.15, 0.2) is 12.7 Å². The van der Waals surface area contributed by atoms with E-state index in [-0.39, 0.29) is 5.91 Å². The number of nitrogens with zero attached hydrogens (tertiary/aromatic N) is 1. The second kappa shape index (κ2) is 4.26. The summed E-state index contributed by atoms with van der Waals surface area (Å²) >= 11 is 0. The largest absolute Gasteiger partial charge is 0.351 e. The monoisotopic (exact) mass is 168 g/mol. The Hall–Kier alpha value is -0.830. The minimum absolute atomic E-state index is 0.0738. The van der Waals surface area contributed by atoms with Crippen LogP contribution in [0.3, 0.4) is 0 Å². The Morgan fingerprint density at radius 3 is 3.08 bits per heavy atom. The molecule has 1 rings (SSSR count). The maximum atomic E-state index is 10.8. The highest BCUT2D eigenvalue weighted by Crippen LogP contribution is 2.13. The average Bonchev–Trinajstić information content (AvgIpc) is 2.47. The Morgan fingerprint density at radius 2 is 2.58 bits per heavy atom. The van der Waals surface area contributed by atoms with Crippen LogP contribution in [0.1, 0.15) is 12.8 Å². The molecule has 12 heavy (non-hydrogen) atoms. The van der Waals surface area contributed by atoms with Crippen LogP contribution >= 0.6 is 0 Å². The highest BCUT2D eigenvalue weighted by Gasteiger charge is 2.20. The van der Waals surface area contributed by atoms with Crippen LogP contribution in [0, 0.1) is 0 Å². The Labute approximate surface area is 73.4 Å². The molecule has 0 aromatic carbocycles. The third-order valence-electron chi connectivity index (χ3n) is 2.37. The molecule has 0 aliphatic carbocycles. The fourth-order valence-electron chi connectivity index (χ4n) is 1.53. The lowest BCUT2D eigenvalue weighted by molar-refractivity contribution is -0.116. The molecule has 1 N–H and O–H groups in total. The summed E-state index contributed by atoms with van der Waals surface area (Å²) in [6, 6.07) is 0.522. The molecule has 1 unspecified atom stereocenters. The Morgan fingerprint density at radius 1 is 1.83 bits per heavy atom. The minimum atomic E-state index is -0.0738. The second-order valence-electron chi connectivity index (χ2n) is 3.23. The van der Waals surface area contributed by atoms with Gasteiger partial charge in [-0.3, -0.25) is 4.79 Å². The molecule has 1 fully saturated rings. The van der Waals surface area contributed by atoms with E-state index in [1.165, 1.54) is 18.9 Å². The first-order valence-electron chi connectivity index (χ1n) is 4.34. The maximum Gasteiger partial charge on any atom is 0.243 e. The number of likely N-dealkylation sites (tertiary alicyclic amines) is 1. The van der Waals surface area contributed by atoms with Crippen LogP contribution in [0.4, 0.5) is 0 Å². The minimum Gasteiger partial charge on any atom is -0.351 e. The lowest BCUT2D eigenvalue weighted by Crippen LogP contribution is -2.37. The first kappa shape index (κ1) is 9.26. The van der Waals surface area contributed by atoms with E-state index in [9.17, 15) is 4.79 Å². The van der Waals surface area contributed by atoms with Crippen LogP contribution in [0.25, 0.3) is 0 Å². The number of rotatable bonds is 3. The van der Waals surface area contributed by atoms with Gasteiger partial charge in [0.25, 0.3) is 0 Å². The number of hydrogen-bond acceptors (Lipinski definition) is 2. The summed E-state index contributed by atoms with van der Waals surface area (Å²) in [5.41, 5.74) is 0. The van der Waals surface area contributed by atoms with E-state index in [1.807, 2.05) is 0 Å². The molecule has 0 saturated carbocycles. The Balaban J connectivity index is 2.22. The fourth-order valence-corrected chi connectivity index (χ4v) is 1.53. The van der Waals surface area contributed by atoms with Crippen molar-refractivity contribution in [3.63, 3.8) is 0 Å². The summed E-state index contributed by atoms with van der Waals surface area (Å²) in [5.74, 6) is -0.0738. The van der Waals surface area contributed by atoms with Gasteiger partial charge in [-0.25, -0.2) is 0 Å². The molecule has 1 saturated heterocycles. The molecular formula is C9H16N2O. The predicted molar refractivity (Wildman–Crippen MR) is 48.9 cm³/mol. The molecule has 0 aromatic rings. The highest BCUT2D eigenvalue weighted by molar-refractivity contribution is 5.86. The lowest BCUT2D eigenvalue weighted by atomic mass is 10.2. The number of carbonyl (C=O) groups excluding carboxylic acids is 1. The number of nitrogens with one attached hydrogen (secondary N) is 1. The van der Waals surface area contributed by atoms with Gasteiger partial charge in [0, 0.05) is 12.6 Å². The van der Waals surface area contributed by atoms with Crippen molar-refractivity contribution in [2.75, 3.05) is 20.1 Å². The molecule has 1 aliphatic heterocycles. The van der Waals surface area contributed by atoms with E-state index < -0.39 is 0 Å². The van der Waals surface area contributed by atoms with Crippen LogP contribution < -0.4 is 5.32 Å². The SMILES string of the molecule is C=CC(=O)NCC1CCCN1C. The van der Waals surface area contributed by atoms with Crippen molar-refractivity contribution in [1.82, 2.24) is 10.2 Å². The van der Waals surface area contributed by atoms with Crippen molar-refractivity contribution in [2.45, 2.75) is 18.9 Å². The standard InChI is InChI=1S/C9H16N2O/c1-3-9(12)10-7-8-5-4-6-11(8)2/h3,8H,1,4-7H2,2H3,(H,10,12). The van der Waals surface area contributed by atoms with Gasteiger partial charge in [0.05, 0.1) is 0 Å². The van der Waals surface area contributed by atoms with Gasteiger partial charge in [-0.05, 0) is 32.5 Å². The fraction of sp³-hybridized carbons (Fsp3) is 0.667. The summed E-state index contributed by atoms with van der Waals surface area (Å²) in [4.78, 5) is 13.1. The maximum absolute atomic E-state index is 10.8. The molecule has 0 spiro atoms. The molecule has 1 atom stereocenters. The first-order valence-corrected chi connectivity index (χ1v) is 4.34. The van der Waals surface area contributed by atoms with Crippen molar-refractivity contribution in [2.24, 2.45) is 0 Å². The molecule has 68 valence electrons. The van der Waals surface area contributed by atoms with Crippen molar-refractivity contribution >= 4 is 5.91 Å². The quantitative estimate of drug-likeness (QED) is 0.618. The summed E-state index contributed by atoms with van der Waals surface area (Å²) in [5, 5.41) is 2.81. The second-order valence-corrected chi connectivity index (χ2v) is 3.23. The molecule has 3 heteroatoms. The zero-order valence-electron chi connectivity index (χ0n) is 7.55. The summed E-state index contributed by atoms with van der Waals surface area (Å²) in [7, 11) is 2.09. The van der Waals surface area contributed by atoms with Crippen molar-refractivity contribution in [3.8, 4) is 0 Å². The topological polar surface area (TPSA) is 32.3 Å². The summed E-state index contributed by atoms with van der Waals surface area (Å²) in [6.07, 6.45) is 3.74. The highest BCUT2D eigenvalue weighted by atomic mass is 16.1. The predicted octanol–water partition coefficient (Wildman–Crippen LogP) is 0.383. The molecular weight excluding hydrogens is 152 g/mol. The van der Waals surface area contributed by atoms with E-state index in [1.54, 1.807) is 0 Å². The smallest absolute Gasteiger partial charge is 0.243 e. The van der Waals surface area contributed by atoms with Gasteiger partial charge in [0.2, 0.25) is 5.91 Å². The van der Waals surface area contributed by atoms with E-state index in [2.05, 4.69) is 23.8 Å². The van der Waals surface area contributed by atoms with Crippen LogP contribution in [-0.2, 0) is 4.79 Å². The number of hydrogen-bond donors (Lipinski definition) is 1. The van der Waals surface area contributed by atoms with Crippen molar-refractivity contribution in [3.05, 3.63) is 12.7 Å². The third kappa shape index (κ3) is 2.34. The number of amides is 1. The van der Waals surface area contributed by atoms with E-state index >= 15 is 0 Å². The van der Waals surface area contributed by atoms with Crippen LogP contribution in [-0.4, -0.2) is 37.0 Å². The molecule has 1 aliphatic rings. The average molecular weight is 168 g/mol. The normalized spacial score (nSPS) is 23.9. The summed E-state index contributed by atoms with van der Waals surface area (Å²) < 4.78 is 0. The summed E-state index contributed by atoms with van der Waals surface area (Å²) in [6.45, 7) is 5.30. The molecule has 1 amide bonds. The molecule has 0 aromatic heterocycles. The van der Waals surface area contributed by atoms with Crippen molar-refractivity contribution in [1.29, 1.82) is 0 Å². The van der Waals surface area contributed by atoms with Gasteiger partial charge in [-0.15, -0.1) is 0 Å². The molecule has 0 radical (unpaired) electrons.